The lowest BCUT2D eigenvalue weighted by Gasteiger charge is -2.08. The van der Waals surface area contributed by atoms with Crippen LogP contribution in [0.1, 0.15) is 58.2 Å². The van der Waals surface area contributed by atoms with Gasteiger partial charge in [0.1, 0.15) is 0 Å². The van der Waals surface area contributed by atoms with Gasteiger partial charge in [0.2, 0.25) is 0 Å². The fourth-order valence-corrected chi connectivity index (χ4v) is 1.58. The van der Waals surface area contributed by atoms with Gasteiger partial charge in [0.25, 0.3) is 0 Å². The van der Waals surface area contributed by atoms with Gasteiger partial charge in [-0.1, -0.05) is 52.0 Å². The Balaban J connectivity index is 0. The van der Waals surface area contributed by atoms with Crippen LogP contribution in [-0.4, -0.2) is 0 Å². The summed E-state index contributed by atoms with van der Waals surface area (Å²) in [5.74, 6) is 0. The van der Waals surface area contributed by atoms with Gasteiger partial charge in [0.05, 0.1) is 0 Å². The highest BCUT2D eigenvalue weighted by atomic mass is 14.1. The van der Waals surface area contributed by atoms with Crippen molar-refractivity contribution in [2.45, 2.75) is 55.4 Å². The smallest absolute Gasteiger partial charge is 0.0172 e. The van der Waals surface area contributed by atoms with Crippen LogP contribution in [0, 0.1) is 13.8 Å². The van der Waals surface area contributed by atoms with E-state index in [1.54, 1.807) is 0 Å². The zero-order valence-corrected chi connectivity index (χ0v) is 12.3. The van der Waals surface area contributed by atoms with E-state index < -0.39 is 0 Å². The Morgan fingerprint density at radius 1 is 0.938 bits per heavy atom. The first-order valence-electron chi connectivity index (χ1n) is 6.36. The van der Waals surface area contributed by atoms with E-state index in [4.69, 9.17) is 0 Å². The lowest BCUT2D eigenvalue weighted by Crippen LogP contribution is -1.89. The third kappa shape index (κ3) is 5.16. The number of allylic oxidation sites excluding steroid dienone is 2. The van der Waals surface area contributed by atoms with Gasteiger partial charge >= 0.3 is 0 Å². The number of benzene rings is 1. The number of hydrogen-bond donors (Lipinski definition) is 0. The Labute approximate surface area is 102 Å². The Kier molecular flexibility index (Phi) is 11.4. The van der Waals surface area contributed by atoms with Crippen molar-refractivity contribution in [1.29, 1.82) is 0 Å². The molecule has 0 heterocycles. The lowest BCUT2D eigenvalue weighted by atomic mass is 9.97. The molecule has 0 fully saturated rings. The molecule has 0 amide bonds. The van der Waals surface area contributed by atoms with Crippen LogP contribution in [0.5, 0.6) is 0 Å². The first-order valence-corrected chi connectivity index (χ1v) is 6.36. The predicted octanol–water partition coefficient (Wildman–Crippen LogP) is 5.78. The van der Waals surface area contributed by atoms with Crippen LogP contribution in [-0.2, 0) is 0 Å². The lowest BCUT2D eigenvalue weighted by molar-refractivity contribution is 1.32. The Bertz CT molecular complexity index is 286. The molecule has 0 bridgehead atoms. The first-order chi connectivity index (χ1) is 7.66. The molecule has 0 nitrogen and oxygen atoms in total. The summed E-state index contributed by atoms with van der Waals surface area (Å²) < 4.78 is 0. The van der Waals surface area contributed by atoms with Crippen molar-refractivity contribution in [2.24, 2.45) is 0 Å². The van der Waals surface area contributed by atoms with Crippen LogP contribution < -0.4 is 0 Å². The number of hydrogen-bond acceptors (Lipinski definition) is 0. The Hall–Kier alpha value is -1.04. The SMILES string of the molecule is C/C=C(/C)c1c(C)cccc1C.CC.CC. The fraction of sp³-hybridized carbons (Fsp3) is 0.500. The van der Waals surface area contributed by atoms with E-state index in [0.717, 1.165) is 0 Å². The Morgan fingerprint density at radius 3 is 1.62 bits per heavy atom. The molecule has 16 heavy (non-hydrogen) atoms. The van der Waals surface area contributed by atoms with Crippen molar-refractivity contribution >= 4 is 5.57 Å². The molecule has 0 atom stereocenters. The summed E-state index contributed by atoms with van der Waals surface area (Å²) in [6, 6.07) is 6.43. The highest BCUT2D eigenvalue weighted by Crippen LogP contribution is 2.21. The van der Waals surface area contributed by atoms with Crippen LogP contribution in [0.15, 0.2) is 24.3 Å². The highest BCUT2D eigenvalue weighted by Gasteiger charge is 2.01. The summed E-state index contributed by atoms with van der Waals surface area (Å²) in [5.41, 5.74) is 5.50. The molecule has 0 saturated heterocycles. The van der Waals surface area contributed by atoms with Gasteiger partial charge in [-0.15, -0.1) is 0 Å². The molecule has 1 aromatic rings. The molecule has 0 saturated carbocycles. The molecule has 0 aliphatic carbocycles. The van der Waals surface area contributed by atoms with Crippen molar-refractivity contribution in [3.8, 4) is 0 Å². The molecular weight excluding hydrogens is 192 g/mol. The largest absolute Gasteiger partial charge is 0.0841 e. The van der Waals surface area contributed by atoms with Crippen molar-refractivity contribution in [1.82, 2.24) is 0 Å². The van der Waals surface area contributed by atoms with Crippen LogP contribution in [0.4, 0.5) is 0 Å². The predicted molar refractivity (Wildman–Crippen MR) is 77.9 cm³/mol. The molecule has 0 N–H and O–H groups in total. The minimum atomic E-state index is 1.37. The second-order valence-corrected chi connectivity index (χ2v) is 3.24. The number of rotatable bonds is 1. The van der Waals surface area contributed by atoms with E-state index in [2.05, 4.69) is 52.0 Å². The molecule has 0 spiro atoms. The molecule has 1 aromatic carbocycles. The summed E-state index contributed by atoms with van der Waals surface area (Å²) >= 11 is 0. The first kappa shape index (κ1) is 17.4. The van der Waals surface area contributed by atoms with E-state index in [-0.39, 0.29) is 0 Å². The Morgan fingerprint density at radius 2 is 1.31 bits per heavy atom. The zero-order chi connectivity index (χ0) is 13.1. The summed E-state index contributed by atoms with van der Waals surface area (Å²) in [4.78, 5) is 0. The molecule has 0 unspecified atom stereocenters. The van der Waals surface area contributed by atoms with Gasteiger partial charge in [-0.2, -0.15) is 0 Å². The van der Waals surface area contributed by atoms with Crippen molar-refractivity contribution in [3.05, 3.63) is 41.0 Å². The summed E-state index contributed by atoms with van der Waals surface area (Å²) in [7, 11) is 0. The average Bonchev–Trinajstić information content (AvgIpc) is 2.33. The van der Waals surface area contributed by atoms with E-state index in [9.17, 15) is 0 Å². The minimum Gasteiger partial charge on any atom is -0.0841 e. The van der Waals surface area contributed by atoms with Gasteiger partial charge in [-0.3, -0.25) is 0 Å². The zero-order valence-electron chi connectivity index (χ0n) is 12.3. The van der Waals surface area contributed by atoms with Crippen molar-refractivity contribution in [3.63, 3.8) is 0 Å². The van der Waals surface area contributed by atoms with Gasteiger partial charge in [-0.05, 0) is 50.0 Å². The third-order valence-corrected chi connectivity index (χ3v) is 2.31. The summed E-state index contributed by atoms with van der Waals surface area (Å²) in [6.07, 6.45) is 2.16. The second-order valence-electron chi connectivity index (χ2n) is 3.24. The summed E-state index contributed by atoms with van der Waals surface area (Å²) in [5, 5.41) is 0. The topological polar surface area (TPSA) is 0 Å². The molecular formula is C16H28. The van der Waals surface area contributed by atoms with Crippen molar-refractivity contribution < 1.29 is 0 Å². The van der Waals surface area contributed by atoms with Gasteiger partial charge < -0.3 is 0 Å². The molecule has 0 radical (unpaired) electrons. The normalized spacial score (nSPS) is 9.62. The maximum atomic E-state index is 2.16. The average molecular weight is 220 g/mol. The van der Waals surface area contributed by atoms with Crippen LogP contribution in [0.2, 0.25) is 0 Å². The van der Waals surface area contributed by atoms with E-state index in [1.807, 2.05) is 27.7 Å². The maximum absolute atomic E-state index is 2.16. The third-order valence-electron chi connectivity index (χ3n) is 2.31. The monoisotopic (exact) mass is 220 g/mol. The van der Waals surface area contributed by atoms with Crippen LogP contribution in [0.25, 0.3) is 5.57 Å². The molecule has 0 aromatic heterocycles. The van der Waals surface area contributed by atoms with Gasteiger partial charge in [0.15, 0.2) is 0 Å². The molecule has 0 aliphatic heterocycles. The molecule has 0 aliphatic rings. The van der Waals surface area contributed by atoms with Gasteiger partial charge in [-0.25, -0.2) is 0 Å². The van der Waals surface area contributed by atoms with Crippen molar-refractivity contribution in [2.75, 3.05) is 0 Å². The van der Waals surface area contributed by atoms with Gasteiger partial charge in [0, 0.05) is 0 Å². The molecule has 92 valence electrons. The number of aryl methyl sites for hydroxylation is 2. The standard InChI is InChI=1S/C12H16.2C2H6/c1-5-9(2)12-10(3)7-6-8-11(12)4;2*1-2/h5-8H,1-4H3;2*1-2H3/b9-5-;;. The maximum Gasteiger partial charge on any atom is -0.0172 e. The molecule has 1 rings (SSSR count). The second kappa shape index (κ2) is 10.5. The van der Waals surface area contributed by atoms with E-state index >= 15 is 0 Å². The highest BCUT2D eigenvalue weighted by molar-refractivity contribution is 5.68. The molecule has 0 heteroatoms. The van der Waals surface area contributed by atoms with E-state index in [0.29, 0.717) is 0 Å². The fourth-order valence-electron chi connectivity index (χ4n) is 1.58. The van der Waals surface area contributed by atoms with E-state index in [1.165, 1.54) is 22.3 Å². The van der Waals surface area contributed by atoms with Crippen LogP contribution in [0.3, 0.4) is 0 Å². The quantitative estimate of drug-likeness (QED) is 0.563. The summed E-state index contributed by atoms with van der Waals surface area (Å²) in [6.45, 7) is 16.6. The van der Waals surface area contributed by atoms with Crippen LogP contribution >= 0.6 is 0 Å². The minimum absolute atomic E-state index is 1.37.